The number of unbranched alkanes of at least 4 members (excludes halogenated alkanes) is 1. The first-order valence-electron chi connectivity index (χ1n) is 10.5. The molecule has 0 aliphatic carbocycles. The SMILES string of the molecule is CCCCC(CC)CNC(=O)C1CCN(S(=O)(=O)Cc2c(F)cccc2Cl)CC1. The molecule has 0 saturated carbocycles. The second-order valence-corrected chi connectivity index (χ2v) is 10.2. The highest BCUT2D eigenvalue weighted by Gasteiger charge is 2.32. The first-order valence-corrected chi connectivity index (χ1v) is 12.5. The van der Waals surface area contributed by atoms with Gasteiger partial charge in [-0.2, -0.15) is 0 Å². The zero-order chi connectivity index (χ0) is 21.4. The highest BCUT2D eigenvalue weighted by molar-refractivity contribution is 7.88. The van der Waals surface area contributed by atoms with Gasteiger partial charge in [0.15, 0.2) is 0 Å². The molecular weight excluding hydrogens is 415 g/mol. The van der Waals surface area contributed by atoms with Gasteiger partial charge in [-0.05, 0) is 37.3 Å². The molecule has 8 heteroatoms. The van der Waals surface area contributed by atoms with E-state index in [1.165, 1.54) is 22.5 Å². The molecule has 5 nitrogen and oxygen atoms in total. The molecule has 1 N–H and O–H groups in total. The molecule has 1 aromatic rings. The Morgan fingerprint density at radius 2 is 2.00 bits per heavy atom. The summed E-state index contributed by atoms with van der Waals surface area (Å²) in [7, 11) is -3.69. The van der Waals surface area contributed by atoms with Crippen molar-refractivity contribution >= 4 is 27.5 Å². The summed E-state index contributed by atoms with van der Waals surface area (Å²) in [5, 5.41) is 3.15. The highest BCUT2D eigenvalue weighted by Crippen LogP contribution is 2.26. The normalized spacial score (nSPS) is 17.2. The van der Waals surface area contributed by atoms with Crippen molar-refractivity contribution in [2.24, 2.45) is 11.8 Å². The maximum Gasteiger partial charge on any atom is 0.223 e. The molecule has 0 aromatic heterocycles. The largest absolute Gasteiger partial charge is 0.356 e. The number of nitrogens with one attached hydrogen (secondary N) is 1. The van der Waals surface area contributed by atoms with Crippen molar-refractivity contribution in [2.45, 2.75) is 58.1 Å². The van der Waals surface area contributed by atoms with Gasteiger partial charge in [-0.15, -0.1) is 0 Å². The summed E-state index contributed by atoms with van der Waals surface area (Å²) in [6, 6.07) is 4.14. The molecule has 1 heterocycles. The smallest absolute Gasteiger partial charge is 0.223 e. The Kier molecular flexibility index (Phi) is 9.37. The Balaban J connectivity index is 1.86. The zero-order valence-electron chi connectivity index (χ0n) is 17.3. The standard InChI is InChI=1S/C21H32ClFN2O3S/c1-3-5-7-16(4-2)14-24-21(26)17-10-12-25(13-11-17)29(27,28)15-18-19(22)8-6-9-20(18)23/h6,8-9,16-17H,3-5,7,10-15H2,1-2H3,(H,24,26). The van der Waals surface area contributed by atoms with Crippen LogP contribution >= 0.6 is 11.6 Å². The number of rotatable bonds is 10. The van der Waals surface area contributed by atoms with Crippen molar-refractivity contribution in [3.8, 4) is 0 Å². The number of nitrogens with zero attached hydrogens (tertiary/aromatic N) is 1. The number of piperidine rings is 1. The monoisotopic (exact) mass is 446 g/mol. The highest BCUT2D eigenvalue weighted by atomic mass is 35.5. The van der Waals surface area contributed by atoms with E-state index in [0.717, 1.165) is 25.7 Å². The van der Waals surface area contributed by atoms with Gasteiger partial charge < -0.3 is 5.32 Å². The van der Waals surface area contributed by atoms with Gasteiger partial charge in [0.25, 0.3) is 0 Å². The van der Waals surface area contributed by atoms with Crippen molar-refractivity contribution < 1.29 is 17.6 Å². The van der Waals surface area contributed by atoms with Crippen LogP contribution in [0.2, 0.25) is 5.02 Å². The molecule has 1 atom stereocenters. The molecule has 1 saturated heterocycles. The number of amides is 1. The molecule has 1 aromatic carbocycles. The van der Waals surface area contributed by atoms with E-state index in [0.29, 0.717) is 25.3 Å². The van der Waals surface area contributed by atoms with E-state index in [-0.39, 0.29) is 35.5 Å². The average Bonchev–Trinajstić information content (AvgIpc) is 2.71. The van der Waals surface area contributed by atoms with Crippen molar-refractivity contribution in [1.82, 2.24) is 9.62 Å². The summed E-state index contributed by atoms with van der Waals surface area (Å²) < 4.78 is 40.7. The quantitative estimate of drug-likeness (QED) is 0.580. The number of hydrogen-bond donors (Lipinski definition) is 1. The molecule has 1 amide bonds. The van der Waals surface area contributed by atoms with Crippen molar-refractivity contribution in [1.29, 1.82) is 0 Å². The van der Waals surface area contributed by atoms with Gasteiger partial charge in [-0.1, -0.05) is 50.8 Å². The molecule has 0 radical (unpaired) electrons. The summed E-state index contributed by atoms with van der Waals surface area (Å²) in [5.41, 5.74) is -0.00767. The van der Waals surface area contributed by atoms with Crippen LogP contribution in [0.1, 0.15) is 57.9 Å². The molecule has 2 rings (SSSR count). The van der Waals surface area contributed by atoms with Gasteiger partial charge in [0.1, 0.15) is 5.82 Å². The second-order valence-electron chi connectivity index (χ2n) is 7.79. The lowest BCUT2D eigenvalue weighted by atomic mass is 9.95. The summed E-state index contributed by atoms with van der Waals surface area (Å²) in [4.78, 5) is 12.5. The molecule has 1 aliphatic rings. The fraction of sp³-hybridized carbons (Fsp3) is 0.667. The molecule has 1 aliphatic heterocycles. The Bertz CT molecular complexity index is 760. The predicted octanol–water partition coefficient (Wildman–Crippen LogP) is 4.35. The average molecular weight is 447 g/mol. The van der Waals surface area contributed by atoms with E-state index in [2.05, 4.69) is 19.2 Å². The molecular formula is C21H32ClFN2O3S. The minimum Gasteiger partial charge on any atom is -0.356 e. The predicted molar refractivity (Wildman–Crippen MR) is 115 cm³/mol. The fourth-order valence-corrected chi connectivity index (χ4v) is 5.59. The molecule has 1 fully saturated rings. The fourth-order valence-electron chi connectivity index (χ4n) is 3.67. The summed E-state index contributed by atoms with van der Waals surface area (Å²) >= 11 is 5.97. The molecule has 0 bridgehead atoms. The summed E-state index contributed by atoms with van der Waals surface area (Å²) in [6.07, 6.45) is 5.41. The van der Waals surface area contributed by atoms with Gasteiger partial charge in [-0.25, -0.2) is 17.1 Å². The maximum absolute atomic E-state index is 14.0. The van der Waals surface area contributed by atoms with Crippen LogP contribution in [0.25, 0.3) is 0 Å². The Labute approximate surface area is 179 Å². The van der Waals surface area contributed by atoms with Crippen molar-refractivity contribution in [3.63, 3.8) is 0 Å². The topological polar surface area (TPSA) is 66.5 Å². The lowest BCUT2D eigenvalue weighted by molar-refractivity contribution is -0.126. The number of carbonyl (C=O) groups is 1. The Hall–Kier alpha value is -1.18. The Morgan fingerprint density at radius 1 is 1.31 bits per heavy atom. The third-order valence-corrected chi connectivity index (χ3v) is 7.87. The van der Waals surface area contributed by atoms with Gasteiger partial charge in [0.2, 0.25) is 15.9 Å². The number of halogens is 2. The van der Waals surface area contributed by atoms with Crippen molar-refractivity contribution in [2.75, 3.05) is 19.6 Å². The number of hydrogen-bond acceptors (Lipinski definition) is 3. The van der Waals surface area contributed by atoms with Crippen LogP contribution in [0.4, 0.5) is 4.39 Å². The molecule has 29 heavy (non-hydrogen) atoms. The van der Waals surface area contributed by atoms with Gasteiger partial charge in [0.05, 0.1) is 5.75 Å². The van der Waals surface area contributed by atoms with Crippen LogP contribution in [0.3, 0.4) is 0 Å². The minimum absolute atomic E-state index is 0.00767. The van der Waals surface area contributed by atoms with Crippen LogP contribution in [-0.4, -0.2) is 38.3 Å². The minimum atomic E-state index is -3.69. The first kappa shape index (κ1) is 24.1. The molecule has 1 unspecified atom stereocenters. The lowest BCUT2D eigenvalue weighted by Gasteiger charge is -2.31. The van der Waals surface area contributed by atoms with Gasteiger partial charge in [0, 0.05) is 36.1 Å². The van der Waals surface area contributed by atoms with E-state index < -0.39 is 21.6 Å². The number of benzene rings is 1. The zero-order valence-corrected chi connectivity index (χ0v) is 18.9. The third kappa shape index (κ3) is 6.93. The van der Waals surface area contributed by atoms with Crippen LogP contribution in [0.5, 0.6) is 0 Å². The number of carbonyl (C=O) groups excluding carboxylic acids is 1. The maximum atomic E-state index is 14.0. The van der Waals surface area contributed by atoms with E-state index in [1.807, 2.05) is 0 Å². The van der Waals surface area contributed by atoms with Crippen molar-refractivity contribution in [3.05, 3.63) is 34.6 Å². The van der Waals surface area contributed by atoms with Gasteiger partial charge in [-0.3, -0.25) is 4.79 Å². The van der Waals surface area contributed by atoms with Gasteiger partial charge >= 0.3 is 0 Å². The van der Waals surface area contributed by atoms with E-state index in [4.69, 9.17) is 11.6 Å². The summed E-state index contributed by atoms with van der Waals surface area (Å²) in [5.74, 6) is -0.768. The summed E-state index contributed by atoms with van der Waals surface area (Å²) in [6.45, 7) is 5.50. The Morgan fingerprint density at radius 3 is 2.59 bits per heavy atom. The first-order chi connectivity index (χ1) is 13.8. The van der Waals surface area contributed by atoms with Crippen LogP contribution in [-0.2, 0) is 20.6 Å². The van der Waals surface area contributed by atoms with E-state index in [1.54, 1.807) is 0 Å². The second kappa shape index (κ2) is 11.3. The van der Waals surface area contributed by atoms with Crippen LogP contribution in [0.15, 0.2) is 18.2 Å². The van der Waals surface area contributed by atoms with E-state index >= 15 is 0 Å². The lowest BCUT2D eigenvalue weighted by Crippen LogP contribution is -2.44. The van der Waals surface area contributed by atoms with Crippen LogP contribution < -0.4 is 5.32 Å². The number of sulfonamides is 1. The molecule has 0 spiro atoms. The van der Waals surface area contributed by atoms with E-state index in [9.17, 15) is 17.6 Å². The van der Waals surface area contributed by atoms with Crippen LogP contribution in [0, 0.1) is 17.7 Å². The third-order valence-electron chi connectivity index (χ3n) is 5.71. The molecule has 164 valence electrons.